The Hall–Kier alpha value is -1.96. The third-order valence-corrected chi connectivity index (χ3v) is 6.44. The zero-order valence-electron chi connectivity index (χ0n) is 16.4. The van der Waals surface area contributed by atoms with E-state index in [1.165, 1.54) is 0 Å². The van der Waals surface area contributed by atoms with Gasteiger partial charge in [0.25, 0.3) is 0 Å². The van der Waals surface area contributed by atoms with Crippen LogP contribution < -0.4 is 0 Å². The van der Waals surface area contributed by atoms with Gasteiger partial charge in [-0.05, 0) is 5.56 Å². The van der Waals surface area contributed by atoms with Gasteiger partial charge in [0.2, 0.25) is 11.8 Å². The molecule has 2 amide bonds. The summed E-state index contributed by atoms with van der Waals surface area (Å²) < 4.78 is 5.35. The molecule has 3 heterocycles. The number of carbonyl (C=O) groups is 2. The van der Waals surface area contributed by atoms with Crippen LogP contribution in [0.4, 0.5) is 0 Å². The Morgan fingerprint density at radius 2 is 1.82 bits per heavy atom. The number of benzene rings is 1. The molecule has 0 aromatic heterocycles. The van der Waals surface area contributed by atoms with Crippen molar-refractivity contribution in [2.24, 2.45) is 0 Å². The third kappa shape index (κ3) is 3.11. The number of aliphatic hydroxyl groups excluding tert-OH is 1. The number of hydrogen-bond donors (Lipinski definition) is 1. The first kappa shape index (κ1) is 19.4. The molecule has 0 aliphatic carbocycles. The Labute approximate surface area is 165 Å². The molecular weight excluding hydrogens is 358 g/mol. The summed E-state index contributed by atoms with van der Waals surface area (Å²) in [4.78, 5) is 31.2. The lowest BCUT2D eigenvalue weighted by molar-refractivity contribution is -0.203. The van der Waals surface area contributed by atoms with Crippen LogP contribution in [0.3, 0.4) is 0 Å². The number of morpholine rings is 1. The summed E-state index contributed by atoms with van der Waals surface area (Å²) in [5.41, 5.74) is 0.740. The van der Waals surface area contributed by atoms with E-state index in [1.54, 1.807) is 0 Å². The van der Waals surface area contributed by atoms with Gasteiger partial charge in [-0.25, -0.2) is 0 Å². The maximum atomic E-state index is 12.8. The molecule has 3 aliphatic heterocycles. The summed E-state index contributed by atoms with van der Waals surface area (Å²) >= 11 is 0. The summed E-state index contributed by atoms with van der Waals surface area (Å²) in [5.74, 6) is 0.212. The van der Waals surface area contributed by atoms with Gasteiger partial charge in [-0.3, -0.25) is 14.5 Å². The van der Waals surface area contributed by atoms with Gasteiger partial charge in [0.15, 0.2) is 0 Å². The number of aliphatic hydroxyl groups is 1. The summed E-state index contributed by atoms with van der Waals surface area (Å²) in [6, 6.07) is 9.84. The van der Waals surface area contributed by atoms with Crippen LogP contribution in [0.25, 0.3) is 0 Å². The van der Waals surface area contributed by atoms with Crippen LogP contribution in [0.2, 0.25) is 0 Å². The molecule has 0 unspecified atom stereocenters. The van der Waals surface area contributed by atoms with E-state index in [9.17, 15) is 14.7 Å². The second kappa shape index (κ2) is 7.81. The lowest BCUT2D eigenvalue weighted by Gasteiger charge is -2.70. The standard InChI is InChI=1S/C21H29N3O4/c1-2-18(26)24-17(13-25)20(16-6-4-3-5-7-16)21(24)14-23(15-21)19(27)12-22-8-10-28-11-9-22/h3-7,17,20,25H,2,8-15H2,1H3/t17-,20+/m0/s1. The highest BCUT2D eigenvalue weighted by molar-refractivity contribution is 5.83. The molecule has 1 aromatic rings. The Bertz CT molecular complexity index is 714. The minimum atomic E-state index is -0.386. The van der Waals surface area contributed by atoms with Crippen molar-refractivity contribution in [3.8, 4) is 0 Å². The molecule has 0 radical (unpaired) electrons. The van der Waals surface area contributed by atoms with E-state index in [1.807, 2.05) is 34.9 Å². The first-order chi connectivity index (χ1) is 13.6. The molecule has 0 saturated carbocycles. The fourth-order valence-corrected chi connectivity index (χ4v) is 5.08. The molecule has 7 nitrogen and oxygen atoms in total. The van der Waals surface area contributed by atoms with E-state index in [0.717, 1.165) is 18.7 Å². The second-order valence-electron chi connectivity index (χ2n) is 8.00. The minimum absolute atomic E-state index is 0.0477. The van der Waals surface area contributed by atoms with Crippen molar-refractivity contribution in [3.63, 3.8) is 0 Å². The zero-order chi connectivity index (χ0) is 19.7. The van der Waals surface area contributed by atoms with Crippen molar-refractivity contribution in [2.75, 3.05) is 52.5 Å². The Balaban J connectivity index is 1.50. The van der Waals surface area contributed by atoms with Crippen LogP contribution in [0.15, 0.2) is 30.3 Å². The number of carbonyl (C=O) groups excluding carboxylic acids is 2. The zero-order valence-corrected chi connectivity index (χ0v) is 16.4. The lowest BCUT2D eigenvalue weighted by atomic mass is 9.60. The van der Waals surface area contributed by atoms with E-state index in [2.05, 4.69) is 17.0 Å². The molecule has 3 fully saturated rings. The van der Waals surface area contributed by atoms with Crippen molar-refractivity contribution in [2.45, 2.75) is 30.8 Å². The maximum Gasteiger partial charge on any atom is 0.236 e. The molecule has 4 rings (SSSR count). The normalized spacial score (nSPS) is 26.6. The van der Waals surface area contributed by atoms with Gasteiger partial charge in [-0.1, -0.05) is 37.3 Å². The molecule has 28 heavy (non-hydrogen) atoms. The molecule has 1 aromatic carbocycles. The van der Waals surface area contributed by atoms with Crippen LogP contribution in [-0.4, -0.2) is 95.7 Å². The first-order valence-corrected chi connectivity index (χ1v) is 10.2. The predicted molar refractivity (Wildman–Crippen MR) is 104 cm³/mol. The van der Waals surface area contributed by atoms with Gasteiger partial charge in [-0.15, -0.1) is 0 Å². The van der Waals surface area contributed by atoms with E-state index in [-0.39, 0.29) is 35.9 Å². The highest BCUT2D eigenvalue weighted by Crippen LogP contribution is 2.54. The van der Waals surface area contributed by atoms with Crippen molar-refractivity contribution in [1.82, 2.24) is 14.7 Å². The van der Waals surface area contributed by atoms with Crippen molar-refractivity contribution in [3.05, 3.63) is 35.9 Å². The molecule has 3 saturated heterocycles. The first-order valence-electron chi connectivity index (χ1n) is 10.2. The predicted octanol–water partition coefficient (Wildman–Crippen LogP) is 0.297. The summed E-state index contributed by atoms with van der Waals surface area (Å²) in [5, 5.41) is 9.98. The van der Waals surface area contributed by atoms with Gasteiger partial charge in [0, 0.05) is 38.5 Å². The molecule has 152 valence electrons. The quantitative estimate of drug-likeness (QED) is 0.787. The number of likely N-dealkylation sites (tertiary alicyclic amines) is 2. The lowest BCUT2D eigenvalue weighted by Crippen LogP contribution is -2.86. The molecule has 2 atom stereocenters. The van der Waals surface area contributed by atoms with Gasteiger partial charge < -0.3 is 19.6 Å². The Kier molecular flexibility index (Phi) is 5.40. The van der Waals surface area contributed by atoms with E-state index >= 15 is 0 Å². The summed E-state index contributed by atoms with van der Waals surface area (Å²) in [7, 11) is 0. The van der Waals surface area contributed by atoms with Crippen LogP contribution in [-0.2, 0) is 14.3 Å². The topological polar surface area (TPSA) is 73.3 Å². The van der Waals surface area contributed by atoms with Crippen LogP contribution in [0.5, 0.6) is 0 Å². The number of ether oxygens (including phenoxy) is 1. The number of hydrogen-bond acceptors (Lipinski definition) is 5. The van der Waals surface area contributed by atoms with Gasteiger partial charge >= 0.3 is 0 Å². The second-order valence-corrected chi connectivity index (χ2v) is 8.00. The molecule has 7 heteroatoms. The molecule has 1 N–H and O–H groups in total. The molecule has 1 spiro atoms. The van der Waals surface area contributed by atoms with Crippen LogP contribution in [0, 0.1) is 0 Å². The van der Waals surface area contributed by atoms with E-state index in [4.69, 9.17) is 4.74 Å². The van der Waals surface area contributed by atoms with Crippen molar-refractivity contribution in [1.29, 1.82) is 0 Å². The maximum absolute atomic E-state index is 12.8. The smallest absolute Gasteiger partial charge is 0.236 e. The van der Waals surface area contributed by atoms with Gasteiger partial charge in [-0.2, -0.15) is 0 Å². The molecular formula is C21H29N3O4. The van der Waals surface area contributed by atoms with E-state index < -0.39 is 0 Å². The number of nitrogens with zero attached hydrogens (tertiary/aromatic N) is 3. The average molecular weight is 387 g/mol. The molecule has 3 aliphatic rings. The van der Waals surface area contributed by atoms with Gasteiger partial charge in [0.1, 0.15) is 0 Å². The highest BCUT2D eigenvalue weighted by Gasteiger charge is 2.67. The third-order valence-electron chi connectivity index (χ3n) is 6.44. The van der Waals surface area contributed by atoms with Crippen molar-refractivity contribution >= 4 is 11.8 Å². The fraction of sp³-hybridized carbons (Fsp3) is 0.619. The largest absolute Gasteiger partial charge is 0.394 e. The monoisotopic (exact) mass is 387 g/mol. The average Bonchev–Trinajstić information content (AvgIpc) is 2.67. The summed E-state index contributed by atoms with van der Waals surface area (Å²) in [6.45, 7) is 6.18. The van der Waals surface area contributed by atoms with Crippen LogP contribution >= 0.6 is 0 Å². The van der Waals surface area contributed by atoms with Crippen molar-refractivity contribution < 1.29 is 19.4 Å². The summed E-state index contributed by atoms with van der Waals surface area (Å²) in [6.07, 6.45) is 0.404. The minimum Gasteiger partial charge on any atom is -0.394 e. The Morgan fingerprint density at radius 3 is 2.43 bits per heavy atom. The van der Waals surface area contributed by atoms with Gasteiger partial charge in [0.05, 0.1) is 37.9 Å². The Morgan fingerprint density at radius 1 is 1.14 bits per heavy atom. The number of rotatable bonds is 5. The number of amides is 2. The SMILES string of the molecule is CCC(=O)N1[C@@H](CO)[C@@H](c2ccccc2)C12CN(C(=O)CN1CCOCC1)C2. The van der Waals surface area contributed by atoms with Crippen LogP contribution in [0.1, 0.15) is 24.8 Å². The fourth-order valence-electron chi connectivity index (χ4n) is 5.08. The molecule has 0 bridgehead atoms. The highest BCUT2D eigenvalue weighted by atomic mass is 16.5. The van der Waals surface area contributed by atoms with E-state index in [0.29, 0.717) is 39.3 Å².